The van der Waals surface area contributed by atoms with Crippen molar-refractivity contribution in [3.05, 3.63) is 48.2 Å². The number of nitrogens with one attached hydrogen (secondary N) is 1. The number of piperazine rings is 1. The fraction of sp³-hybridized carbons (Fsp3) is 0.605. The highest BCUT2D eigenvalue weighted by molar-refractivity contribution is 5.97. The third-order valence-corrected chi connectivity index (χ3v) is 10.2. The van der Waals surface area contributed by atoms with Crippen molar-refractivity contribution in [1.82, 2.24) is 25.0 Å². The number of anilines is 1. The molecule has 12 heteroatoms. The number of carbonyl (C=O) groups is 4. The Kier molecular flexibility index (Phi) is 13.9. The van der Waals surface area contributed by atoms with Gasteiger partial charge in [0.15, 0.2) is 0 Å². The van der Waals surface area contributed by atoms with Crippen LogP contribution in [-0.4, -0.2) is 120 Å². The molecule has 0 radical (unpaired) electrons. The molecule has 1 atom stereocenters. The van der Waals surface area contributed by atoms with Crippen molar-refractivity contribution in [3.63, 3.8) is 0 Å². The van der Waals surface area contributed by atoms with Crippen LogP contribution in [0.3, 0.4) is 0 Å². The van der Waals surface area contributed by atoms with Crippen molar-refractivity contribution in [3.8, 4) is 11.3 Å². The second kappa shape index (κ2) is 18.7. The molecule has 3 fully saturated rings. The first kappa shape index (κ1) is 37.1. The van der Waals surface area contributed by atoms with Gasteiger partial charge in [0.1, 0.15) is 11.7 Å². The average Bonchev–Trinajstić information content (AvgIpc) is 3.68. The molecule has 3 saturated heterocycles. The number of carbonyl (C=O) groups excluding carboxylic acids is 3. The lowest BCUT2D eigenvalue weighted by Crippen LogP contribution is -2.56. The maximum Gasteiger partial charge on any atom is 0.409 e. The minimum atomic E-state index is -1.05. The highest BCUT2D eigenvalue weighted by Gasteiger charge is 2.32. The number of carboxylic acids is 1. The van der Waals surface area contributed by atoms with Crippen molar-refractivity contribution < 1.29 is 29.0 Å². The van der Waals surface area contributed by atoms with Crippen LogP contribution in [0.2, 0.25) is 0 Å². The van der Waals surface area contributed by atoms with Crippen molar-refractivity contribution >= 4 is 29.6 Å². The van der Waals surface area contributed by atoms with E-state index in [1.54, 1.807) is 15.9 Å². The van der Waals surface area contributed by atoms with Crippen LogP contribution >= 0.6 is 0 Å². The number of nitrogens with zero attached hydrogens (tertiary/aromatic N) is 5. The van der Waals surface area contributed by atoms with E-state index < -0.39 is 24.0 Å². The number of rotatable bonds is 15. The molecule has 272 valence electrons. The summed E-state index contributed by atoms with van der Waals surface area (Å²) in [5.74, 6) is -1.26. The van der Waals surface area contributed by atoms with Crippen molar-refractivity contribution in [2.24, 2.45) is 5.92 Å². The third kappa shape index (κ3) is 10.7. The maximum atomic E-state index is 13.9. The molecule has 0 saturated carbocycles. The molecular formula is C38H54N6O6. The molecule has 2 aromatic rings. The largest absolute Gasteiger partial charge is 0.481 e. The molecule has 0 spiro atoms. The van der Waals surface area contributed by atoms with Gasteiger partial charge in [-0.2, -0.15) is 0 Å². The van der Waals surface area contributed by atoms with Gasteiger partial charge in [0.05, 0.1) is 12.3 Å². The number of unbranched alkanes of at least 4 members (excludes halogenated alkanes) is 2. The van der Waals surface area contributed by atoms with E-state index in [4.69, 9.17) is 9.72 Å². The maximum absolute atomic E-state index is 13.9. The summed E-state index contributed by atoms with van der Waals surface area (Å²) in [6, 6.07) is 12.5. The van der Waals surface area contributed by atoms with Gasteiger partial charge in [0.25, 0.3) is 5.91 Å². The standard InChI is InChI=1S/C38H54N6O6/c1-2-3-9-26-50-38(49)44-24-22-43(23-25-44)37(48)32(12-13-35(45)46)40-36(47)34-28-31(27-33(39-34)30-10-5-4-6-11-30)42-20-15-29(16-21-42)14-19-41-17-7-8-18-41/h4-6,10-11,27-29,32H,2-3,7-9,12-26H2,1H3,(H,40,47)(H,45,46)/t32-/m0/s1. The predicted molar refractivity (Wildman–Crippen MR) is 192 cm³/mol. The second-order valence-corrected chi connectivity index (χ2v) is 13.8. The molecule has 0 bridgehead atoms. The average molecular weight is 691 g/mol. The first-order valence-corrected chi connectivity index (χ1v) is 18.6. The molecular weight excluding hydrogens is 636 g/mol. The van der Waals surface area contributed by atoms with E-state index in [1.807, 2.05) is 36.4 Å². The number of pyridine rings is 1. The zero-order valence-electron chi connectivity index (χ0n) is 29.6. The zero-order chi connectivity index (χ0) is 35.3. The number of likely N-dealkylation sites (tertiary alicyclic amines) is 1. The molecule has 1 aromatic heterocycles. The summed E-state index contributed by atoms with van der Waals surface area (Å²) in [5.41, 5.74) is 2.63. The molecule has 2 N–H and O–H groups in total. The van der Waals surface area contributed by atoms with Gasteiger partial charge < -0.3 is 34.8 Å². The number of aliphatic carboxylic acids is 1. The SMILES string of the molecule is CCCCCOC(=O)N1CCN(C(=O)[C@H](CCC(=O)O)NC(=O)c2cc(N3CCC(CCN4CCCC4)CC3)cc(-c3ccccc3)n2)CC1. The Morgan fingerprint density at radius 3 is 2.30 bits per heavy atom. The topological polar surface area (TPSA) is 136 Å². The van der Waals surface area contributed by atoms with Gasteiger partial charge in [-0.1, -0.05) is 50.1 Å². The molecule has 12 nitrogen and oxygen atoms in total. The van der Waals surface area contributed by atoms with Crippen LogP contribution in [0.5, 0.6) is 0 Å². The van der Waals surface area contributed by atoms with Crippen LogP contribution < -0.4 is 10.2 Å². The van der Waals surface area contributed by atoms with Gasteiger partial charge in [-0.25, -0.2) is 9.78 Å². The lowest BCUT2D eigenvalue weighted by atomic mass is 9.93. The molecule has 3 amide bonds. The molecule has 1 aromatic carbocycles. The Bertz CT molecular complexity index is 1420. The smallest absolute Gasteiger partial charge is 0.409 e. The number of piperidine rings is 1. The number of amides is 3. The van der Waals surface area contributed by atoms with E-state index in [1.165, 1.54) is 38.9 Å². The van der Waals surface area contributed by atoms with E-state index in [0.29, 0.717) is 31.3 Å². The molecule has 5 rings (SSSR count). The van der Waals surface area contributed by atoms with Crippen molar-refractivity contribution in [2.45, 2.75) is 77.2 Å². The highest BCUT2D eigenvalue weighted by Crippen LogP contribution is 2.29. The summed E-state index contributed by atoms with van der Waals surface area (Å²) in [7, 11) is 0. The van der Waals surface area contributed by atoms with Gasteiger partial charge in [-0.15, -0.1) is 0 Å². The first-order chi connectivity index (χ1) is 24.3. The molecule has 4 heterocycles. The molecule has 0 aliphatic carbocycles. The molecule has 3 aliphatic heterocycles. The van der Waals surface area contributed by atoms with Crippen LogP contribution in [0.25, 0.3) is 11.3 Å². The number of hydrogen-bond donors (Lipinski definition) is 2. The Balaban J connectivity index is 1.25. The Morgan fingerprint density at radius 2 is 1.62 bits per heavy atom. The molecule has 50 heavy (non-hydrogen) atoms. The minimum Gasteiger partial charge on any atom is -0.481 e. The fourth-order valence-electron chi connectivity index (χ4n) is 7.11. The van der Waals surface area contributed by atoms with Gasteiger partial charge in [-0.3, -0.25) is 14.4 Å². The van der Waals surface area contributed by atoms with Gasteiger partial charge in [-0.05, 0) is 82.6 Å². The normalized spacial score (nSPS) is 17.8. The lowest BCUT2D eigenvalue weighted by molar-refractivity contribution is -0.138. The van der Waals surface area contributed by atoms with Crippen molar-refractivity contribution in [1.29, 1.82) is 0 Å². The van der Waals surface area contributed by atoms with E-state index in [2.05, 4.69) is 22.0 Å². The van der Waals surface area contributed by atoms with Crippen LogP contribution in [0, 0.1) is 5.92 Å². The van der Waals surface area contributed by atoms with Crippen LogP contribution in [0.15, 0.2) is 42.5 Å². The van der Waals surface area contributed by atoms with E-state index in [0.717, 1.165) is 56.4 Å². The van der Waals surface area contributed by atoms with Crippen molar-refractivity contribution in [2.75, 3.05) is 70.4 Å². The first-order valence-electron chi connectivity index (χ1n) is 18.6. The predicted octanol–water partition coefficient (Wildman–Crippen LogP) is 4.89. The fourth-order valence-corrected chi connectivity index (χ4v) is 7.11. The Hall–Kier alpha value is -4.19. The Morgan fingerprint density at radius 1 is 0.920 bits per heavy atom. The third-order valence-electron chi connectivity index (χ3n) is 10.2. The van der Waals surface area contributed by atoms with Crippen LogP contribution in [-0.2, 0) is 14.3 Å². The quantitative estimate of drug-likeness (QED) is 0.251. The number of ether oxygens (including phenoxy) is 1. The minimum absolute atomic E-state index is 0.0598. The summed E-state index contributed by atoms with van der Waals surface area (Å²) < 4.78 is 5.37. The number of aromatic nitrogens is 1. The monoisotopic (exact) mass is 690 g/mol. The summed E-state index contributed by atoms with van der Waals surface area (Å²) >= 11 is 0. The second-order valence-electron chi connectivity index (χ2n) is 13.8. The molecule has 0 unspecified atom stereocenters. The summed E-state index contributed by atoms with van der Waals surface area (Å²) in [4.78, 5) is 64.4. The lowest BCUT2D eigenvalue weighted by Gasteiger charge is -2.36. The van der Waals surface area contributed by atoms with Crippen LogP contribution in [0.1, 0.15) is 81.6 Å². The van der Waals surface area contributed by atoms with Gasteiger partial charge in [0, 0.05) is 56.9 Å². The number of carboxylic acid groups (broad SMARTS) is 1. The van der Waals surface area contributed by atoms with E-state index in [-0.39, 0.29) is 37.5 Å². The van der Waals surface area contributed by atoms with Crippen LogP contribution in [0.4, 0.5) is 10.5 Å². The molecule has 3 aliphatic rings. The van der Waals surface area contributed by atoms with E-state index >= 15 is 0 Å². The summed E-state index contributed by atoms with van der Waals surface area (Å²) in [6.07, 6.45) is 8.12. The van der Waals surface area contributed by atoms with Gasteiger partial charge in [0.2, 0.25) is 5.91 Å². The number of hydrogen-bond acceptors (Lipinski definition) is 8. The zero-order valence-corrected chi connectivity index (χ0v) is 29.6. The summed E-state index contributed by atoms with van der Waals surface area (Å²) in [5, 5.41) is 12.3. The van der Waals surface area contributed by atoms with E-state index in [9.17, 15) is 24.3 Å². The number of benzene rings is 1. The van der Waals surface area contributed by atoms with Gasteiger partial charge >= 0.3 is 12.1 Å². The highest BCUT2D eigenvalue weighted by atomic mass is 16.6. The Labute approximate surface area is 296 Å². The summed E-state index contributed by atoms with van der Waals surface area (Å²) in [6.45, 7) is 8.98.